The van der Waals surface area contributed by atoms with Gasteiger partial charge in [-0.15, -0.1) is 0 Å². The lowest BCUT2D eigenvalue weighted by Crippen LogP contribution is -2.43. The van der Waals surface area contributed by atoms with Crippen molar-refractivity contribution in [3.8, 4) is 0 Å². The molecule has 1 aromatic carbocycles. The van der Waals surface area contributed by atoms with Crippen LogP contribution in [0.1, 0.15) is 12.8 Å². The first-order valence-electron chi connectivity index (χ1n) is 6.69. The molecule has 1 atom stereocenters. The van der Waals surface area contributed by atoms with Gasteiger partial charge in [0, 0.05) is 24.5 Å². The maximum atomic E-state index is 11.3. The fourth-order valence-corrected chi connectivity index (χ4v) is 2.80. The number of anilines is 1. The standard InChI is InChI=1S/C14H16N4O2/c15-10-4-3-7-17(9-10)14-11-5-1-2-6-12(11)16-8-13(14)18(19)20/h1-2,5-6,8,10H,3-4,7,9,15H2. The molecule has 104 valence electrons. The Balaban J connectivity index is 2.19. The Bertz CT molecular complexity index is 659. The predicted molar refractivity (Wildman–Crippen MR) is 77.8 cm³/mol. The van der Waals surface area contributed by atoms with Crippen molar-refractivity contribution < 1.29 is 4.92 Å². The molecule has 2 N–H and O–H groups in total. The van der Waals surface area contributed by atoms with E-state index >= 15 is 0 Å². The van der Waals surface area contributed by atoms with Crippen molar-refractivity contribution in [3.05, 3.63) is 40.6 Å². The highest BCUT2D eigenvalue weighted by atomic mass is 16.6. The SMILES string of the molecule is NC1CCCN(c2c([N+](=O)[O-])cnc3ccccc23)C1. The Kier molecular flexibility index (Phi) is 3.23. The monoisotopic (exact) mass is 272 g/mol. The number of piperidine rings is 1. The molecule has 1 saturated heterocycles. The Morgan fingerprint density at radius 3 is 2.95 bits per heavy atom. The Hall–Kier alpha value is -2.21. The molecule has 0 saturated carbocycles. The molecular formula is C14H16N4O2. The summed E-state index contributed by atoms with van der Waals surface area (Å²) in [6.45, 7) is 1.44. The van der Waals surface area contributed by atoms with E-state index < -0.39 is 0 Å². The van der Waals surface area contributed by atoms with E-state index in [0.29, 0.717) is 12.2 Å². The van der Waals surface area contributed by atoms with E-state index in [2.05, 4.69) is 4.98 Å². The Morgan fingerprint density at radius 1 is 1.40 bits per heavy atom. The number of benzene rings is 1. The normalized spacial score (nSPS) is 19.2. The van der Waals surface area contributed by atoms with Crippen molar-refractivity contribution in [1.29, 1.82) is 0 Å². The second-order valence-electron chi connectivity index (χ2n) is 5.11. The zero-order valence-corrected chi connectivity index (χ0v) is 11.0. The minimum Gasteiger partial charge on any atom is -0.364 e. The molecule has 1 fully saturated rings. The maximum Gasteiger partial charge on any atom is 0.311 e. The summed E-state index contributed by atoms with van der Waals surface area (Å²) >= 11 is 0. The highest BCUT2D eigenvalue weighted by Gasteiger charge is 2.26. The molecule has 0 aliphatic carbocycles. The molecule has 1 aliphatic heterocycles. The van der Waals surface area contributed by atoms with Crippen molar-refractivity contribution in [2.24, 2.45) is 5.73 Å². The van der Waals surface area contributed by atoms with Gasteiger partial charge >= 0.3 is 5.69 Å². The zero-order chi connectivity index (χ0) is 14.1. The molecular weight excluding hydrogens is 256 g/mol. The summed E-state index contributed by atoms with van der Waals surface area (Å²) < 4.78 is 0. The molecule has 0 spiro atoms. The van der Waals surface area contributed by atoms with Gasteiger partial charge in [0.1, 0.15) is 11.9 Å². The van der Waals surface area contributed by atoms with E-state index in [4.69, 9.17) is 5.73 Å². The summed E-state index contributed by atoms with van der Waals surface area (Å²) in [5, 5.41) is 12.1. The van der Waals surface area contributed by atoms with E-state index in [0.717, 1.165) is 30.3 Å². The molecule has 6 heteroatoms. The molecule has 3 rings (SSSR count). The zero-order valence-electron chi connectivity index (χ0n) is 11.0. The number of rotatable bonds is 2. The van der Waals surface area contributed by atoms with E-state index in [1.165, 1.54) is 6.20 Å². The van der Waals surface area contributed by atoms with Gasteiger partial charge in [-0.2, -0.15) is 0 Å². The topological polar surface area (TPSA) is 85.3 Å². The molecule has 0 bridgehead atoms. The van der Waals surface area contributed by atoms with Crippen molar-refractivity contribution in [3.63, 3.8) is 0 Å². The third-order valence-corrected chi connectivity index (χ3v) is 3.70. The quantitative estimate of drug-likeness (QED) is 0.668. The highest BCUT2D eigenvalue weighted by Crippen LogP contribution is 2.35. The second-order valence-corrected chi connectivity index (χ2v) is 5.11. The van der Waals surface area contributed by atoms with Crippen LogP contribution in [0.3, 0.4) is 0 Å². The maximum absolute atomic E-state index is 11.3. The van der Waals surface area contributed by atoms with Crippen LogP contribution in [0.5, 0.6) is 0 Å². The lowest BCUT2D eigenvalue weighted by molar-refractivity contribution is -0.384. The number of hydrogen-bond donors (Lipinski definition) is 1. The molecule has 0 amide bonds. The van der Waals surface area contributed by atoms with Crippen LogP contribution in [0.4, 0.5) is 11.4 Å². The first kappa shape index (κ1) is 12.8. The van der Waals surface area contributed by atoms with E-state index in [-0.39, 0.29) is 16.7 Å². The lowest BCUT2D eigenvalue weighted by atomic mass is 10.0. The van der Waals surface area contributed by atoms with Crippen molar-refractivity contribution in [2.75, 3.05) is 18.0 Å². The summed E-state index contributed by atoms with van der Waals surface area (Å²) in [5.74, 6) is 0. The number of hydrogen-bond acceptors (Lipinski definition) is 5. The molecule has 20 heavy (non-hydrogen) atoms. The van der Waals surface area contributed by atoms with Crippen LogP contribution < -0.4 is 10.6 Å². The van der Waals surface area contributed by atoms with Crippen molar-refractivity contribution in [2.45, 2.75) is 18.9 Å². The molecule has 1 aromatic heterocycles. The second kappa shape index (κ2) is 5.05. The molecule has 1 unspecified atom stereocenters. The average molecular weight is 272 g/mol. The third kappa shape index (κ3) is 2.18. The smallest absolute Gasteiger partial charge is 0.311 e. The first-order chi connectivity index (χ1) is 9.66. The van der Waals surface area contributed by atoms with Gasteiger partial charge in [0.15, 0.2) is 0 Å². The van der Waals surface area contributed by atoms with Gasteiger partial charge in [0.2, 0.25) is 0 Å². The number of nitro groups is 1. The van der Waals surface area contributed by atoms with Crippen LogP contribution in [0.25, 0.3) is 10.9 Å². The van der Waals surface area contributed by atoms with E-state index in [1.807, 2.05) is 29.2 Å². The summed E-state index contributed by atoms with van der Waals surface area (Å²) in [6, 6.07) is 7.57. The summed E-state index contributed by atoms with van der Waals surface area (Å²) in [5.41, 5.74) is 7.48. The van der Waals surface area contributed by atoms with Crippen LogP contribution in [0, 0.1) is 10.1 Å². The molecule has 6 nitrogen and oxygen atoms in total. The molecule has 0 radical (unpaired) electrons. The predicted octanol–water partition coefficient (Wildman–Crippen LogP) is 2.07. The third-order valence-electron chi connectivity index (χ3n) is 3.70. The van der Waals surface area contributed by atoms with Crippen LogP contribution in [-0.2, 0) is 0 Å². The van der Waals surface area contributed by atoms with Gasteiger partial charge < -0.3 is 10.6 Å². The van der Waals surface area contributed by atoms with Gasteiger partial charge in [0.05, 0.1) is 10.4 Å². The number of nitrogens with two attached hydrogens (primary N) is 1. The summed E-state index contributed by atoms with van der Waals surface area (Å²) in [7, 11) is 0. The van der Waals surface area contributed by atoms with Crippen molar-refractivity contribution in [1.82, 2.24) is 4.98 Å². The van der Waals surface area contributed by atoms with Gasteiger partial charge in [-0.05, 0) is 18.9 Å². The van der Waals surface area contributed by atoms with Crippen LogP contribution in [0.2, 0.25) is 0 Å². The number of pyridine rings is 1. The number of fused-ring (bicyclic) bond motifs is 1. The van der Waals surface area contributed by atoms with E-state index in [1.54, 1.807) is 0 Å². The largest absolute Gasteiger partial charge is 0.364 e. The summed E-state index contributed by atoms with van der Waals surface area (Å²) in [6.07, 6.45) is 3.26. The fourth-order valence-electron chi connectivity index (χ4n) is 2.80. The highest BCUT2D eigenvalue weighted by molar-refractivity contribution is 5.96. The molecule has 1 aliphatic rings. The fraction of sp³-hybridized carbons (Fsp3) is 0.357. The molecule has 2 heterocycles. The number of para-hydroxylation sites is 1. The first-order valence-corrected chi connectivity index (χ1v) is 6.69. The molecule has 2 aromatic rings. The Morgan fingerprint density at radius 2 is 2.20 bits per heavy atom. The van der Waals surface area contributed by atoms with Crippen LogP contribution >= 0.6 is 0 Å². The van der Waals surface area contributed by atoms with E-state index in [9.17, 15) is 10.1 Å². The van der Waals surface area contributed by atoms with Crippen LogP contribution in [-0.4, -0.2) is 29.0 Å². The van der Waals surface area contributed by atoms with Gasteiger partial charge in [-0.1, -0.05) is 18.2 Å². The summed E-state index contributed by atoms with van der Waals surface area (Å²) in [4.78, 5) is 17.1. The van der Waals surface area contributed by atoms with Gasteiger partial charge in [-0.3, -0.25) is 10.1 Å². The van der Waals surface area contributed by atoms with Crippen molar-refractivity contribution >= 4 is 22.3 Å². The van der Waals surface area contributed by atoms with Crippen LogP contribution in [0.15, 0.2) is 30.5 Å². The van der Waals surface area contributed by atoms with Gasteiger partial charge in [0.25, 0.3) is 0 Å². The average Bonchev–Trinajstić information content (AvgIpc) is 2.46. The minimum atomic E-state index is -0.366. The number of aromatic nitrogens is 1. The van der Waals surface area contributed by atoms with Gasteiger partial charge in [-0.25, -0.2) is 4.98 Å². The number of nitrogens with zero attached hydrogens (tertiary/aromatic N) is 3. The Labute approximate surface area is 116 Å². The minimum absolute atomic E-state index is 0.0535. The lowest BCUT2D eigenvalue weighted by Gasteiger charge is -2.32.